The molecule has 0 radical (unpaired) electrons. The number of nitrogens with one attached hydrogen (secondary N) is 1. The molecule has 1 aromatic carbocycles. The van der Waals surface area contributed by atoms with Gasteiger partial charge in [-0.3, -0.25) is 4.99 Å². The Morgan fingerprint density at radius 2 is 2.00 bits per heavy atom. The maximum atomic E-state index is 13.6. The summed E-state index contributed by atoms with van der Waals surface area (Å²) in [5, 5.41) is 13.4. The number of fused-ring (bicyclic) bond motifs is 1. The first-order valence-electron chi connectivity index (χ1n) is 9.05. The lowest BCUT2D eigenvalue weighted by atomic mass is 9.97. The van der Waals surface area contributed by atoms with Gasteiger partial charge >= 0.3 is 6.18 Å². The van der Waals surface area contributed by atoms with E-state index < -0.39 is 24.0 Å². The van der Waals surface area contributed by atoms with Gasteiger partial charge in [-0.2, -0.15) is 13.2 Å². The molecule has 152 valence electrons. The summed E-state index contributed by atoms with van der Waals surface area (Å²) in [5.74, 6) is 0.0857. The van der Waals surface area contributed by atoms with Gasteiger partial charge in [0.2, 0.25) is 5.60 Å². The smallest absolute Gasteiger partial charge is 0.374 e. The summed E-state index contributed by atoms with van der Waals surface area (Å²) in [7, 11) is 3.02. The maximum Gasteiger partial charge on any atom is 0.424 e. The fourth-order valence-corrected chi connectivity index (χ4v) is 3.51. The molecule has 1 aromatic heterocycles. The van der Waals surface area contributed by atoms with Crippen LogP contribution in [-0.2, 0) is 25.6 Å². The minimum atomic E-state index is -4.85. The number of halogens is 3. The predicted molar refractivity (Wildman–Crippen MR) is 99.7 cm³/mol. The number of benzene rings is 1. The van der Waals surface area contributed by atoms with E-state index in [1.807, 2.05) is 23.1 Å². The number of alkyl halides is 3. The number of hydrogen-bond acceptors (Lipinski definition) is 3. The summed E-state index contributed by atoms with van der Waals surface area (Å²) < 4.78 is 42.0. The second-order valence-corrected chi connectivity index (χ2v) is 6.88. The van der Waals surface area contributed by atoms with E-state index in [-0.39, 0.29) is 6.54 Å². The Balaban J connectivity index is 1.68. The monoisotopic (exact) mass is 395 g/mol. The highest BCUT2D eigenvalue weighted by molar-refractivity contribution is 5.80. The van der Waals surface area contributed by atoms with Crippen LogP contribution in [-0.4, -0.2) is 51.8 Å². The van der Waals surface area contributed by atoms with Gasteiger partial charge in [0.1, 0.15) is 5.82 Å². The molecule has 28 heavy (non-hydrogen) atoms. The molecule has 2 heterocycles. The van der Waals surface area contributed by atoms with Crippen molar-refractivity contribution in [3.63, 3.8) is 0 Å². The zero-order valence-electron chi connectivity index (χ0n) is 15.9. The lowest BCUT2D eigenvalue weighted by molar-refractivity contribution is -0.272. The Hall–Kier alpha value is -2.55. The number of imidazole rings is 1. The standard InChI is InChI=1S/C19H24F3N5O/c1-23-17(27-11-7-14-5-3-4-6-15(14)13-27)25-9-8-18(28,19(20,21)22)16-24-10-12-26(16)2/h3-6,10,12,28H,7-9,11,13H2,1-2H3,(H,23,25). The Labute approximate surface area is 161 Å². The van der Waals surface area contributed by atoms with Crippen LogP contribution in [0.15, 0.2) is 41.7 Å². The van der Waals surface area contributed by atoms with Crippen LogP contribution in [0.3, 0.4) is 0 Å². The quantitative estimate of drug-likeness (QED) is 0.615. The van der Waals surface area contributed by atoms with Crippen molar-refractivity contribution in [1.82, 2.24) is 19.8 Å². The third kappa shape index (κ3) is 3.84. The lowest BCUT2D eigenvalue weighted by Gasteiger charge is -2.33. The van der Waals surface area contributed by atoms with Crippen LogP contribution in [0.5, 0.6) is 0 Å². The highest BCUT2D eigenvalue weighted by Gasteiger charge is 2.57. The third-order valence-electron chi connectivity index (χ3n) is 5.07. The Bertz CT molecular complexity index is 848. The molecule has 0 aliphatic carbocycles. The molecule has 3 rings (SSSR count). The number of rotatable bonds is 4. The van der Waals surface area contributed by atoms with Gasteiger partial charge in [0, 0.05) is 52.5 Å². The lowest BCUT2D eigenvalue weighted by Crippen LogP contribution is -2.49. The molecule has 1 aliphatic heterocycles. The first-order chi connectivity index (χ1) is 13.3. The van der Waals surface area contributed by atoms with Gasteiger partial charge in [-0.05, 0) is 17.5 Å². The van der Waals surface area contributed by atoms with Gasteiger partial charge in [0.05, 0.1) is 0 Å². The van der Waals surface area contributed by atoms with Crippen LogP contribution >= 0.6 is 0 Å². The van der Waals surface area contributed by atoms with E-state index in [0.29, 0.717) is 12.5 Å². The number of nitrogens with zero attached hydrogens (tertiary/aromatic N) is 4. The summed E-state index contributed by atoms with van der Waals surface area (Å²) in [6.45, 7) is 1.26. The van der Waals surface area contributed by atoms with Gasteiger partial charge in [-0.1, -0.05) is 24.3 Å². The van der Waals surface area contributed by atoms with Crippen molar-refractivity contribution in [3.05, 3.63) is 53.6 Å². The van der Waals surface area contributed by atoms with E-state index in [1.165, 1.54) is 35.1 Å². The summed E-state index contributed by atoms with van der Waals surface area (Å²) in [5.41, 5.74) is -0.585. The van der Waals surface area contributed by atoms with Crippen molar-refractivity contribution in [2.45, 2.75) is 31.2 Å². The molecule has 2 N–H and O–H groups in total. The molecule has 0 saturated heterocycles. The van der Waals surface area contributed by atoms with E-state index in [4.69, 9.17) is 0 Å². The van der Waals surface area contributed by atoms with Crippen molar-refractivity contribution in [3.8, 4) is 0 Å². The van der Waals surface area contributed by atoms with Gasteiger partial charge in [-0.15, -0.1) is 0 Å². The maximum absolute atomic E-state index is 13.6. The van der Waals surface area contributed by atoms with Crippen LogP contribution in [0.25, 0.3) is 0 Å². The number of aliphatic hydroxyl groups is 1. The molecular formula is C19H24F3N5O. The van der Waals surface area contributed by atoms with Gasteiger partial charge in [0.25, 0.3) is 0 Å². The molecule has 0 bridgehead atoms. The molecule has 1 aliphatic rings. The zero-order chi connectivity index (χ0) is 20.4. The average Bonchev–Trinajstić information content (AvgIpc) is 3.10. The molecule has 0 spiro atoms. The average molecular weight is 395 g/mol. The Kier molecular flexibility index (Phi) is 5.64. The van der Waals surface area contributed by atoms with Crippen molar-refractivity contribution < 1.29 is 18.3 Å². The molecule has 9 heteroatoms. The molecule has 0 amide bonds. The minimum Gasteiger partial charge on any atom is -0.374 e. The van der Waals surface area contributed by atoms with E-state index in [9.17, 15) is 18.3 Å². The highest BCUT2D eigenvalue weighted by atomic mass is 19.4. The largest absolute Gasteiger partial charge is 0.424 e. The van der Waals surface area contributed by atoms with E-state index in [0.717, 1.165) is 13.0 Å². The Morgan fingerprint density at radius 1 is 1.29 bits per heavy atom. The van der Waals surface area contributed by atoms with Crippen molar-refractivity contribution in [2.24, 2.45) is 12.0 Å². The van der Waals surface area contributed by atoms with Crippen LogP contribution in [0.1, 0.15) is 23.4 Å². The summed E-state index contributed by atoms with van der Waals surface area (Å²) in [6, 6.07) is 8.09. The van der Waals surface area contributed by atoms with E-state index in [2.05, 4.69) is 21.4 Å². The normalized spacial score (nSPS) is 17.2. The second-order valence-electron chi connectivity index (χ2n) is 6.88. The summed E-state index contributed by atoms with van der Waals surface area (Å²) >= 11 is 0. The summed E-state index contributed by atoms with van der Waals surface area (Å²) in [4.78, 5) is 9.90. The number of guanidine groups is 1. The molecule has 2 aromatic rings. The minimum absolute atomic E-state index is 0.103. The first-order valence-corrected chi connectivity index (χ1v) is 9.05. The van der Waals surface area contributed by atoms with Crippen LogP contribution in [0.2, 0.25) is 0 Å². The molecule has 0 saturated carbocycles. The molecule has 1 atom stereocenters. The van der Waals surface area contributed by atoms with E-state index in [1.54, 1.807) is 7.05 Å². The van der Waals surface area contributed by atoms with Crippen molar-refractivity contribution in [1.29, 1.82) is 0 Å². The third-order valence-corrected chi connectivity index (χ3v) is 5.07. The number of aliphatic imine (C=N–C) groups is 1. The van der Waals surface area contributed by atoms with Crippen LogP contribution < -0.4 is 5.32 Å². The van der Waals surface area contributed by atoms with Crippen molar-refractivity contribution in [2.75, 3.05) is 20.1 Å². The van der Waals surface area contributed by atoms with Gasteiger partial charge in [0.15, 0.2) is 5.96 Å². The van der Waals surface area contributed by atoms with Crippen LogP contribution in [0, 0.1) is 0 Å². The SMILES string of the molecule is CN=C(NCCC(O)(c1nccn1C)C(F)(F)F)N1CCc2ccccc2C1. The molecule has 6 nitrogen and oxygen atoms in total. The topological polar surface area (TPSA) is 65.7 Å². The van der Waals surface area contributed by atoms with E-state index >= 15 is 0 Å². The molecular weight excluding hydrogens is 371 g/mol. The van der Waals surface area contributed by atoms with Gasteiger partial charge < -0.3 is 19.9 Å². The fraction of sp³-hybridized carbons (Fsp3) is 0.474. The number of hydrogen-bond donors (Lipinski definition) is 2. The molecule has 1 unspecified atom stereocenters. The second kappa shape index (κ2) is 7.83. The zero-order valence-corrected chi connectivity index (χ0v) is 15.9. The van der Waals surface area contributed by atoms with Crippen molar-refractivity contribution >= 4 is 5.96 Å². The Morgan fingerprint density at radius 3 is 2.61 bits per heavy atom. The molecule has 0 fully saturated rings. The van der Waals surface area contributed by atoms with Crippen LogP contribution in [0.4, 0.5) is 13.2 Å². The summed E-state index contributed by atoms with van der Waals surface area (Å²) in [6.07, 6.45) is -1.96. The first kappa shape index (κ1) is 20.2. The fourth-order valence-electron chi connectivity index (χ4n) is 3.51. The number of aryl methyl sites for hydroxylation is 1. The predicted octanol–water partition coefficient (Wildman–Crippen LogP) is 2.19. The highest BCUT2D eigenvalue weighted by Crippen LogP contribution is 2.40. The van der Waals surface area contributed by atoms with Gasteiger partial charge in [-0.25, -0.2) is 4.98 Å². The number of aromatic nitrogens is 2.